The van der Waals surface area contributed by atoms with Crippen molar-refractivity contribution in [2.45, 2.75) is 46.1 Å². The van der Waals surface area contributed by atoms with Crippen LogP contribution >= 0.6 is 0 Å². The number of rotatable bonds is 9. The molecule has 2 rings (SSSR count). The molecule has 1 aliphatic rings. The normalized spacial score (nSPS) is 19.8. The predicted octanol–water partition coefficient (Wildman–Crippen LogP) is 2.92. The molecule has 0 bridgehead atoms. The van der Waals surface area contributed by atoms with Gasteiger partial charge in [0.05, 0.1) is 12.5 Å². The van der Waals surface area contributed by atoms with Gasteiger partial charge in [-0.25, -0.2) is 0 Å². The Bertz CT molecular complexity index is 616. The highest BCUT2D eigenvalue weighted by atomic mass is 16.5. The molecule has 0 saturated heterocycles. The minimum atomic E-state index is -0.800. The Morgan fingerprint density at radius 1 is 1.23 bits per heavy atom. The summed E-state index contributed by atoms with van der Waals surface area (Å²) in [5.74, 6) is -0.756. The summed E-state index contributed by atoms with van der Waals surface area (Å²) in [4.78, 5) is 23.6. The number of carbonyl (C=O) groups excluding carboxylic acids is 1. The van der Waals surface area contributed by atoms with Crippen molar-refractivity contribution in [3.8, 4) is 5.75 Å². The van der Waals surface area contributed by atoms with Crippen molar-refractivity contribution in [1.29, 1.82) is 0 Å². The number of carboxylic acid groups (broad SMARTS) is 1. The summed E-state index contributed by atoms with van der Waals surface area (Å²) in [5.41, 5.74) is 1.99. The van der Waals surface area contributed by atoms with Gasteiger partial charge in [0, 0.05) is 24.6 Å². The van der Waals surface area contributed by atoms with Crippen LogP contribution in [0.15, 0.2) is 18.2 Å². The number of aliphatic carboxylic acids is 1. The van der Waals surface area contributed by atoms with Crippen LogP contribution in [0.3, 0.4) is 0 Å². The molecule has 144 valence electrons. The molecule has 2 atom stereocenters. The lowest BCUT2D eigenvalue weighted by Crippen LogP contribution is -2.35. The monoisotopic (exact) mass is 363 g/mol. The summed E-state index contributed by atoms with van der Waals surface area (Å²) in [6, 6.07) is 5.89. The maximum absolute atomic E-state index is 12.5. The van der Waals surface area contributed by atoms with E-state index in [9.17, 15) is 14.7 Å². The molecular formula is C20H29NO5. The second-order valence-electron chi connectivity index (χ2n) is 6.77. The Kier molecular flexibility index (Phi) is 7.91. The van der Waals surface area contributed by atoms with Gasteiger partial charge in [0.2, 0.25) is 5.91 Å². The summed E-state index contributed by atoms with van der Waals surface area (Å²) < 4.78 is 11.1. The van der Waals surface area contributed by atoms with E-state index in [2.05, 4.69) is 5.32 Å². The van der Waals surface area contributed by atoms with E-state index in [1.807, 2.05) is 32.0 Å². The standard InChI is InChI=1S/C20H29NO5/c1-3-25-9-10-26-18-11-14(2)7-8-17(18)13-21-19(22)15-5-4-6-16(12-15)20(23)24/h7-8,11,15-16H,3-6,9-10,12-13H2,1-2H3,(H,21,22)(H,23,24). The van der Waals surface area contributed by atoms with Crippen LogP contribution in [0.5, 0.6) is 5.75 Å². The second kappa shape index (κ2) is 10.2. The second-order valence-corrected chi connectivity index (χ2v) is 6.77. The minimum absolute atomic E-state index is 0.0724. The molecular weight excluding hydrogens is 334 g/mol. The van der Waals surface area contributed by atoms with Crippen molar-refractivity contribution in [1.82, 2.24) is 5.32 Å². The first-order chi connectivity index (χ1) is 12.5. The molecule has 6 heteroatoms. The van der Waals surface area contributed by atoms with Gasteiger partial charge in [-0.3, -0.25) is 9.59 Å². The summed E-state index contributed by atoms with van der Waals surface area (Å²) in [6.07, 6.45) is 2.62. The molecule has 1 aromatic carbocycles. The highest BCUT2D eigenvalue weighted by molar-refractivity contribution is 5.80. The molecule has 1 aliphatic carbocycles. The lowest BCUT2D eigenvalue weighted by molar-refractivity contribution is -0.144. The molecule has 0 aliphatic heterocycles. The Morgan fingerprint density at radius 2 is 2.00 bits per heavy atom. The van der Waals surface area contributed by atoms with Crippen LogP contribution in [-0.4, -0.2) is 36.8 Å². The Balaban J connectivity index is 1.91. The lowest BCUT2D eigenvalue weighted by atomic mass is 9.81. The zero-order chi connectivity index (χ0) is 18.9. The third-order valence-electron chi connectivity index (χ3n) is 4.76. The molecule has 0 heterocycles. The smallest absolute Gasteiger partial charge is 0.306 e. The molecule has 1 amide bonds. The zero-order valence-electron chi connectivity index (χ0n) is 15.6. The summed E-state index contributed by atoms with van der Waals surface area (Å²) in [6.45, 7) is 5.94. The van der Waals surface area contributed by atoms with Crippen LogP contribution in [0.25, 0.3) is 0 Å². The van der Waals surface area contributed by atoms with Gasteiger partial charge in [0.25, 0.3) is 0 Å². The summed E-state index contributed by atoms with van der Waals surface area (Å²) in [7, 11) is 0. The summed E-state index contributed by atoms with van der Waals surface area (Å²) >= 11 is 0. The number of amides is 1. The third-order valence-corrected chi connectivity index (χ3v) is 4.76. The zero-order valence-corrected chi connectivity index (χ0v) is 15.6. The largest absolute Gasteiger partial charge is 0.491 e. The van der Waals surface area contributed by atoms with Gasteiger partial charge >= 0.3 is 5.97 Å². The van der Waals surface area contributed by atoms with E-state index in [0.29, 0.717) is 39.2 Å². The predicted molar refractivity (Wildman–Crippen MR) is 98.1 cm³/mol. The highest BCUT2D eigenvalue weighted by Crippen LogP contribution is 2.29. The average Bonchev–Trinajstić information content (AvgIpc) is 2.64. The van der Waals surface area contributed by atoms with Crippen molar-refractivity contribution in [2.75, 3.05) is 19.8 Å². The van der Waals surface area contributed by atoms with Crippen molar-refractivity contribution >= 4 is 11.9 Å². The van der Waals surface area contributed by atoms with Crippen LogP contribution in [-0.2, 0) is 20.9 Å². The minimum Gasteiger partial charge on any atom is -0.491 e. The van der Waals surface area contributed by atoms with E-state index < -0.39 is 11.9 Å². The fourth-order valence-electron chi connectivity index (χ4n) is 3.28. The quantitative estimate of drug-likeness (QED) is 0.659. The first kappa shape index (κ1) is 20.2. The van der Waals surface area contributed by atoms with Gasteiger partial charge in [-0.1, -0.05) is 18.6 Å². The van der Waals surface area contributed by atoms with Crippen LogP contribution in [0.1, 0.15) is 43.7 Å². The van der Waals surface area contributed by atoms with Crippen molar-refractivity contribution in [2.24, 2.45) is 11.8 Å². The van der Waals surface area contributed by atoms with Crippen LogP contribution < -0.4 is 10.1 Å². The fraction of sp³-hybridized carbons (Fsp3) is 0.600. The molecule has 2 unspecified atom stereocenters. The van der Waals surface area contributed by atoms with Gasteiger partial charge in [-0.15, -0.1) is 0 Å². The molecule has 26 heavy (non-hydrogen) atoms. The van der Waals surface area contributed by atoms with Crippen LogP contribution in [0.4, 0.5) is 0 Å². The van der Waals surface area contributed by atoms with Crippen molar-refractivity contribution in [3.05, 3.63) is 29.3 Å². The topological polar surface area (TPSA) is 84.9 Å². The van der Waals surface area contributed by atoms with Gasteiger partial charge in [0.15, 0.2) is 0 Å². The number of benzene rings is 1. The van der Waals surface area contributed by atoms with Gasteiger partial charge in [0.1, 0.15) is 12.4 Å². The Hall–Kier alpha value is -2.08. The van der Waals surface area contributed by atoms with Gasteiger partial charge in [-0.05, 0) is 44.7 Å². The molecule has 0 radical (unpaired) electrons. The fourth-order valence-corrected chi connectivity index (χ4v) is 3.28. The number of hydrogen-bond acceptors (Lipinski definition) is 4. The van der Waals surface area contributed by atoms with E-state index in [1.165, 1.54) is 0 Å². The van der Waals surface area contributed by atoms with Crippen molar-refractivity contribution < 1.29 is 24.2 Å². The van der Waals surface area contributed by atoms with Gasteiger partial charge in [-0.2, -0.15) is 0 Å². The molecule has 0 spiro atoms. The van der Waals surface area contributed by atoms with Gasteiger partial charge < -0.3 is 19.9 Å². The molecule has 1 aromatic rings. The molecule has 6 nitrogen and oxygen atoms in total. The molecule has 1 saturated carbocycles. The summed E-state index contributed by atoms with van der Waals surface area (Å²) in [5, 5.41) is 12.1. The number of hydrogen-bond donors (Lipinski definition) is 2. The highest BCUT2D eigenvalue weighted by Gasteiger charge is 2.30. The van der Waals surface area contributed by atoms with E-state index in [0.717, 1.165) is 29.7 Å². The Morgan fingerprint density at radius 3 is 2.73 bits per heavy atom. The number of carbonyl (C=O) groups is 2. The third kappa shape index (κ3) is 6.02. The van der Waals surface area contributed by atoms with Crippen LogP contribution in [0.2, 0.25) is 0 Å². The Labute approximate surface area is 154 Å². The lowest BCUT2D eigenvalue weighted by Gasteiger charge is -2.25. The number of aryl methyl sites for hydroxylation is 1. The maximum Gasteiger partial charge on any atom is 0.306 e. The first-order valence-corrected chi connectivity index (χ1v) is 9.31. The van der Waals surface area contributed by atoms with E-state index in [-0.39, 0.29) is 11.8 Å². The van der Waals surface area contributed by atoms with Crippen LogP contribution in [0, 0.1) is 18.8 Å². The SMILES string of the molecule is CCOCCOc1cc(C)ccc1CNC(=O)C1CCCC(C(=O)O)C1. The number of nitrogens with one attached hydrogen (secondary N) is 1. The number of carboxylic acids is 1. The van der Waals surface area contributed by atoms with E-state index in [1.54, 1.807) is 0 Å². The van der Waals surface area contributed by atoms with Crippen molar-refractivity contribution in [3.63, 3.8) is 0 Å². The molecule has 0 aromatic heterocycles. The number of ether oxygens (including phenoxy) is 2. The van der Waals surface area contributed by atoms with E-state index >= 15 is 0 Å². The average molecular weight is 363 g/mol. The van der Waals surface area contributed by atoms with E-state index in [4.69, 9.17) is 9.47 Å². The first-order valence-electron chi connectivity index (χ1n) is 9.31. The maximum atomic E-state index is 12.5. The molecule has 2 N–H and O–H groups in total. The molecule has 1 fully saturated rings.